The molecule has 0 aromatic carbocycles. The first-order valence-electron chi connectivity index (χ1n) is 5.51. The molecule has 1 rings (SSSR count). The lowest BCUT2D eigenvalue weighted by atomic mass is 9.94. The Labute approximate surface area is 86.2 Å². The molecule has 0 atom stereocenters. The Hall–Kier alpha value is -0.410. The van der Waals surface area contributed by atoms with Crippen LogP contribution in [0.3, 0.4) is 0 Å². The van der Waals surface area contributed by atoms with E-state index in [1.54, 1.807) is 0 Å². The smallest absolute Gasteiger partial charge is 0.146 e. The van der Waals surface area contributed by atoms with Crippen molar-refractivity contribution < 1.29 is 9.53 Å². The molecule has 1 fully saturated rings. The van der Waals surface area contributed by atoms with Gasteiger partial charge in [-0.2, -0.15) is 0 Å². The molecule has 3 heteroatoms. The maximum absolute atomic E-state index is 11.5. The number of ether oxygens (including phenoxy) is 1. The summed E-state index contributed by atoms with van der Waals surface area (Å²) in [7, 11) is 0. The number of rotatable bonds is 5. The standard InChI is InChI=1S/C11H21NO2/c1-9(2)12-8-11(13)7-10-3-5-14-6-4-10/h9-10,12H,3-8H2,1-2H3. The number of carbonyl (C=O) groups excluding carboxylic acids is 1. The van der Waals surface area contributed by atoms with Gasteiger partial charge in [-0.3, -0.25) is 4.79 Å². The Morgan fingerprint density at radius 3 is 2.64 bits per heavy atom. The third kappa shape index (κ3) is 4.72. The van der Waals surface area contributed by atoms with Crippen LogP contribution in [0, 0.1) is 5.92 Å². The van der Waals surface area contributed by atoms with E-state index in [0.29, 0.717) is 24.3 Å². The second-order valence-corrected chi connectivity index (χ2v) is 4.33. The lowest BCUT2D eigenvalue weighted by Crippen LogP contribution is -2.30. The van der Waals surface area contributed by atoms with Crippen LogP contribution in [0.25, 0.3) is 0 Å². The Morgan fingerprint density at radius 1 is 1.43 bits per heavy atom. The van der Waals surface area contributed by atoms with Crippen molar-refractivity contribution in [2.45, 2.75) is 39.2 Å². The molecule has 3 nitrogen and oxygen atoms in total. The number of hydrogen-bond donors (Lipinski definition) is 1. The average molecular weight is 199 g/mol. The molecule has 0 radical (unpaired) electrons. The second kappa shape index (κ2) is 6.14. The van der Waals surface area contributed by atoms with Crippen molar-refractivity contribution in [2.24, 2.45) is 5.92 Å². The summed E-state index contributed by atoms with van der Waals surface area (Å²) in [5.74, 6) is 0.899. The Bertz CT molecular complexity index is 174. The van der Waals surface area contributed by atoms with Gasteiger partial charge in [0.1, 0.15) is 5.78 Å². The van der Waals surface area contributed by atoms with Gasteiger partial charge >= 0.3 is 0 Å². The number of Topliss-reactive ketones (excluding diaryl/α,β-unsaturated/α-hetero) is 1. The van der Waals surface area contributed by atoms with Gasteiger partial charge in [-0.15, -0.1) is 0 Å². The van der Waals surface area contributed by atoms with Crippen LogP contribution < -0.4 is 5.32 Å². The molecule has 0 saturated carbocycles. The van der Waals surface area contributed by atoms with Crippen LogP contribution in [0.15, 0.2) is 0 Å². The molecule has 1 heterocycles. The van der Waals surface area contributed by atoms with E-state index >= 15 is 0 Å². The van der Waals surface area contributed by atoms with Gasteiger partial charge in [0.05, 0.1) is 6.54 Å². The molecule has 0 amide bonds. The maximum atomic E-state index is 11.5. The van der Waals surface area contributed by atoms with Crippen molar-refractivity contribution in [1.82, 2.24) is 5.32 Å². The molecule has 0 aliphatic carbocycles. The SMILES string of the molecule is CC(C)NCC(=O)CC1CCOCC1. The van der Waals surface area contributed by atoms with E-state index in [0.717, 1.165) is 32.5 Å². The molecule has 0 unspecified atom stereocenters. The third-order valence-corrected chi connectivity index (χ3v) is 2.56. The zero-order chi connectivity index (χ0) is 10.4. The summed E-state index contributed by atoms with van der Waals surface area (Å²) < 4.78 is 5.25. The van der Waals surface area contributed by atoms with Crippen LogP contribution in [0.4, 0.5) is 0 Å². The van der Waals surface area contributed by atoms with Crippen LogP contribution in [-0.2, 0) is 9.53 Å². The summed E-state index contributed by atoms with van der Waals surface area (Å²) >= 11 is 0. The summed E-state index contributed by atoms with van der Waals surface area (Å²) in [4.78, 5) is 11.5. The molecule has 0 aromatic heterocycles. The monoisotopic (exact) mass is 199 g/mol. The predicted molar refractivity (Wildman–Crippen MR) is 56.3 cm³/mol. The Balaban J connectivity index is 2.12. The molecule has 14 heavy (non-hydrogen) atoms. The normalized spacial score (nSPS) is 18.8. The van der Waals surface area contributed by atoms with Crippen molar-refractivity contribution in [3.05, 3.63) is 0 Å². The van der Waals surface area contributed by atoms with Gasteiger partial charge in [0.25, 0.3) is 0 Å². The predicted octanol–water partition coefficient (Wildman–Crippen LogP) is 1.37. The molecule has 0 bridgehead atoms. The van der Waals surface area contributed by atoms with Crippen molar-refractivity contribution in [2.75, 3.05) is 19.8 Å². The summed E-state index contributed by atoms with van der Waals surface area (Å²) in [6.07, 6.45) is 2.82. The highest BCUT2D eigenvalue weighted by Gasteiger charge is 2.17. The van der Waals surface area contributed by atoms with E-state index in [1.165, 1.54) is 0 Å². The molecular weight excluding hydrogens is 178 g/mol. The Morgan fingerprint density at radius 2 is 2.07 bits per heavy atom. The van der Waals surface area contributed by atoms with Gasteiger partial charge in [-0.1, -0.05) is 13.8 Å². The maximum Gasteiger partial charge on any atom is 0.146 e. The fourth-order valence-corrected chi connectivity index (χ4v) is 1.66. The van der Waals surface area contributed by atoms with Crippen molar-refractivity contribution in [1.29, 1.82) is 0 Å². The number of hydrogen-bond acceptors (Lipinski definition) is 3. The minimum atomic E-state index is 0.339. The lowest BCUT2D eigenvalue weighted by molar-refractivity contribution is -0.119. The van der Waals surface area contributed by atoms with E-state index < -0.39 is 0 Å². The summed E-state index contributed by atoms with van der Waals surface area (Å²) in [6.45, 7) is 6.30. The van der Waals surface area contributed by atoms with Gasteiger partial charge in [0.2, 0.25) is 0 Å². The van der Waals surface area contributed by atoms with Gasteiger partial charge in [-0.25, -0.2) is 0 Å². The molecular formula is C11H21NO2. The fourth-order valence-electron chi connectivity index (χ4n) is 1.66. The van der Waals surface area contributed by atoms with Gasteiger partial charge in [-0.05, 0) is 18.8 Å². The topological polar surface area (TPSA) is 38.3 Å². The highest BCUT2D eigenvalue weighted by molar-refractivity contribution is 5.80. The quantitative estimate of drug-likeness (QED) is 0.726. The molecule has 1 aliphatic rings. The number of ketones is 1. The molecule has 1 saturated heterocycles. The summed E-state index contributed by atoms with van der Waals surface area (Å²) in [5, 5.41) is 3.15. The minimum Gasteiger partial charge on any atom is -0.381 e. The first kappa shape index (κ1) is 11.7. The first-order valence-corrected chi connectivity index (χ1v) is 5.51. The number of nitrogens with one attached hydrogen (secondary N) is 1. The summed E-state index contributed by atoms with van der Waals surface area (Å²) in [5.41, 5.74) is 0. The lowest BCUT2D eigenvalue weighted by Gasteiger charge is -2.21. The highest BCUT2D eigenvalue weighted by Crippen LogP contribution is 2.18. The van der Waals surface area contributed by atoms with E-state index in [2.05, 4.69) is 19.2 Å². The molecule has 1 aliphatic heterocycles. The first-order chi connectivity index (χ1) is 6.68. The largest absolute Gasteiger partial charge is 0.381 e. The average Bonchev–Trinajstić information content (AvgIpc) is 2.16. The van der Waals surface area contributed by atoms with Gasteiger partial charge < -0.3 is 10.1 Å². The van der Waals surface area contributed by atoms with Crippen molar-refractivity contribution in [3.63, 3.8) is 0 Å². The second-order valence-electron chi connectivity index (χ2n) is 4.33. The van der Waals surface area contributed by atoms with Crippen molar-refractivity contribution >= 4 is 5.78 Å². The Kier molecular flexibility index (Phi) is 5.12. The van der Waals surface area contributed by atoms with E-state index in [1.807, 2.05) is 0 Å². The van der Waals surface area contributed by atoms with Crippen molar-refractivity contribution in [3.8, 4) is 0 Å². The third-order valence-electron chi connectivity index (χ3n) is 2.56. The highest BCUT2D eigenvalue weighted by atomic mass is 16.5. The van der Waals surface area contributed by atoms with E-state index in [4.69, 9.17) is 4.74 Å². The molecule has 1 N–H and O–H groups in total. The molecule has 82 valence electrons. The molecule has 0 aromatic rings. The summed E-state index contributed by atoms with van der Waals surface area (Å²) in [6, 6.07) is 0.397. The van der Waals surface area contributed by atoms with Crippen LogP contribution >= 0.6 is 0 Å². The fraction of sp³-hybridized carbons (Fsp3) is 0.909. The zero-order valence-electron chi connectivity index (χ0n) is 9.21. The van der Waals surface area contributed by atoms with E-state index in [9.17, 15) is 4.79 Å². The van der Waals surface area contributed by atoms with Crippen LogP contribution in [0.5, 0.6) is 0 Å². The van der Waals surface area contributed by atoms with Crippen LogP contribution in [-0.4, -0.2) is 31.6 Å². The van der Waals surface area contributed by atoms with Crippen LogP contribution in [0.1, 0.15) is 33.1 Å². The zero-order valence-corrected chi connectivity index (χ0v) is 9.21. The molecule has 0 spiro atoms. The van der Waals surface area contributed by atoms with E-state index in [-0.39, 0.29) is 0 Å². The van der Waals surface area contributed by atoms with Gasteiger partial charge in [0.15, 0.2) is 0 Å². The number of carbonyl (C=O) groups is 1. The van der Waals surface area contributed by atoms with Crippen LogP contribution in [0.2, 0.25) is 0 Å². The minimum absolute atomic E-state index is 0.339. The van der Waals surface area contributed by atoms with Gasteiger partial charge in [0, 0.05) is 25.7 Å².